The van der Waals surface area contributed by atoms with E-state index in [1.54, 1.807) is 24.1 Å². The van der Waals surface area contributed by atoms with Crippen LogP contribution in [0.3, 0.4) is 0 Å². The second-order valence-electron chi connectivity index (χ2n) is 8.26. The first kappa shape index (κ1) is 22.5. The van der Waals surface area contributed by atoms with Crippen molar-refractivity contribution >= 4 is 11.8 Å². The second-order valence-corrected chi connectivity index (χ2v) is 8.26. The van der Waals surface area contributed by atoms with Gasteiger partial charge in [0.1, 0.15) is 11.6 Å². The normalized spacial score (nSPS) is 16.1. The number of methoxy groups -OCH3 is 1. The van der Waals surface area contributed by atoms with E-state index in [4.69, 9.17) is 4.74 Å². The first-order valence-electron chi connectivity index (χ1n) is 11.0. The number of halogens is 1. The Morgan fingerprint density at radius 1 is 1.03 bits per heavy atom. The minimum atomic E-state index is -0.337. The fourth-order valence-corrected chi connectivity index (χ4v) is 4.12. The molecule has 170 valence electrons. The number of nitrogens with zero attached hydrogens (tertiary/aromatic N) is 1. The molecule has 1 aliphatic rings. The van der Waals surface area contributed by atoms with E-state index in [-0.39, 0.29) is 30.0 Å². The molecule has 3 aromatic carbocycles. The molecule has 1 saturated heterocycles. The molecule has 33 heavy (non-hydrogen) atoms. The minimum Gasteiger partial charge on any atom is -0.497 e. The first-order valence-corrected chi connectivity index (χ1v) is 11.0. The molecular weight excluding hydrogens is 419 g/mol. The van der Waals surface area contributed by atoms with Crippen LogP contribution in [-0.2, 0) is 22.4 Å². The third kappa shape index (κ3) is 5.77. The predicted octanol–water partition coefficient (Wildman–Crippen LogP) is 3.86. The first-order chi connectivity index (χ1) is 16.0. The molecule has 1 atom stereocenters. The molecule has 1 N–H and O–H groups in total. The van der Waals surface area contributed by atoms with Crippen LogP contribution in [0, 0.1) is 11.7 Å². The third-order valence-electron chi connectivity index (χ3n) is 5.95. The summed E-state index contributed by atoms with van der Waals surface area (Å²) >= 11 is 0. The Kier molecular flexibility index (Phi) is 7.03. The van der Waals surface area contributed by atoms with E-state index in [9.17, 15) is 14.0 Å². The Balaban J connectivity index is 1.45. The van der Waals surface area contributed by atoms with Gasteiger partial charge in [-0.2, -0.15) is 0 Å². The highest BCUT2D eigenvalue weighted by atomic mass is 19.1. The van der Waals surface area contributed by atoms with Crippen molar-refractivity contribution in [3.63, 3.8) is 0 Å². The van der Waals surface area contributed by atoms with Gasteiger partial charge in [0.15, 0.2) is 0 Å². The number of nitrogens with one attached hydrogen (secondary N) is 1. The monoisotopic (exact) mass is 446 g/mol. The highest BCUT2D eigenvalue weighted by Gasteiger charge is 2.27. The quantitative estimate of drug-likeness (QED) is 0.626. The maximum absolute atomic E-state index is 13.3. The van der Waals surface area contributed by atoms with Gasteiger partial charge in [-0.25, -0.2) is 4.39 Å². The van der Waals surface area contributed by atoms with Gasteiger partial charge in [0.2, 0.25) is 11.8 Å². The molecule has 0 spiro atoms. The number of hydrogen-bond acceptors (Lipinski definition) is 3. The molecule has 0 saturated carbocycles. The van der Waals surface area contributed by atoms with E-state index in [0.717, 1.165) is 28.0 Å². The van der Waals surface area contributed by atoms with Gasteiger partial charge in [-0.05, 0) is 52.9 Å². The van der Waals surface area contributed by atoms with Crippen molar-refractivity contribution in [1.82, 2.24) is 10.2 Å². The molecule has 1 heterocycles. The molecule has 1 fully saturated rings. The van der Waals surface area contributed by atoms with E-state index in [2.05, 4.69) is 5.32 Å². The van der Waals surface area contributed by atoms with Crippen molar-refractivity contribution < 1.29 is 18.7 Å². The van der Waals surface area contributed by atoms with Crippen LogP contribution >= 0.6 is 0 Å². The molecule has 0 aliphatic carbocycles. The van der Waals surface area contributed by atoms with Crippen molar-refractivity contribution in [3.05, 3.63) is 89.7 Å². The van der Waals surface area contributed by atoms with Crippen molar-refractivity contribution in [2.24, 2.45) is 5.92 Å². The Hall–Kier alpha value is -3.67. The second kappa shape index (κ2) is 10.3. The Bertz CT molecular complexity index is 1110. The van der Waals surface area contributed by atoms with Crippen LogP contribution in [0.2, 0.25) is 0 Å². The summed E-state index contributed by atoms with van der Waals surface area (Å²) in [6.07, 6.45) is 0.804. The zero-order chi connectivity index (χ0) is 23.2. The molecule has 6 heteroatoms. The largest absolute Gasteiger partial charge is 0.497 e. The van der Waals surface area contributed by atoms with Crippen molar-refractivity contribution in [2.75, 3.05) is 26.7 Å². The minimum absolute atomic E-state index is 0.00160. The summed E-state index contributed by atoms with van der Waals surface area (Å²) in [6.45, 7) is 1.31. The third-order valence-corrected chi connectivity index (χ3v) is 5.95. The van der Waals surface area contributed by atoms with Crippen molar-refractivity contribution in [2.45, 2.75) is 12.8 Å². The summed E-state index contributed by atoms with van der Waals surface area (Å²) in [7, 11) is 1.61. The number of hydrogen-bond donors (Lipinski definition) is 1. The smallest absolute Gasteiger partial charge is 0.227 e. The maximum Gasteiger partial charge on any atom is 0.227 e. The van der Waals surface area contributed by atoms with Crippen LogP contribution in [0.15, 0.2) is 72.8 Å². The summed E-state index contributed by atoms with van der Waals surface area (Å²) < 4.78 is 18.4. The zero-order valence-electron chi connectivity index (χ0n) is 18.6. The lowest BCUT2D eigenvalue weighted by Gasteiger charge is -2.23. The topological polar surface area (TPSA) is 58.6 Å². The van der Waals surface area contributed by atoms with Crippen molar-refractivity contribution in [1.29, 1.82) is 0 Å². The van der Waals surface area contributed by atoms with Gasteiger partial charge in [-0.15, -0.1) is 0 Å². The average molecular weight is 447 g/mol. The van der Waals surface area contributed by atoms with Crippen molar-refractivity contribution in [3.8, 4) is 16.9 Å². The maximum atomic E-state index is 13.3. The molecule has 0 unspecified atom stereocenters. The fourth-order valence-electron chi connectivity index (χ4n) is 4.12. The highest BCUT2D eigenvalue weighted by molar-refractivity contribution is 5.83. The SMILES string of the molecule is COc1ccc(CC(=O)N2CCNC(=O)[C@@H](Cc3cccc(-c4ccc(F)cc4)c3)C2)cc1. The van der Waals surface area contributed by atoms with Gasteiger partial charge in [0.25, 0.3) is 0 Å². The Labute approximate surface area is 193 Å². The average Bonchev–Trinajstić information content (AvgIpc) is 3.01. The standard InChI is InChI=1S/C27H27FN2O3/c1-33-25-11-5-19(6-12-25)17-26(31)30-14-13-29-27(32)23(18-30)16-20-3-2-4-22(15-20)21-7-9-24(28)10-8-21/h2-12,15,23H,13-14,16-18H2,1H3,(H,29,32)/t23-/m0/s1. The number of rotatable bonds is 6. The summed E-state index contributed by atoms with van der Waals surface area (Å²) in [5, 5.41) is 2.94. The van der Waals surface area contributed by atoms with E-state index >= 15 is 0 Å². The number of amides is 2. The molecule has 0 aromatic heterocycles. The van der Waals surface area contributed by atoms with Gasteiger partial charge in [0.05, 0.1) is 19.4 Å². The predicted molar refractivity (Wildman–Crippen MR) is 125 cm³/mol. The van der Waals surface area contributed by atoms with Gasteiger partial charge in [0, 0.05) is 19.6 Å². The fraction of sp³-hybridized carbons (Fsp3) is 0.259. The summed E-state index contributed by atoms with van der Waals surface area (Å²) in [5.74, 6) is 0.0996. The lowest BCUT2D eigenvalue weighted by atomic mass is 9.95. The van der Waals surface area contributed by atoms with Crippen LogP contribution in [0.4, 0.5) is 4.39 Å². The molecule has 4 rings (SSSR count). The molecule has 1 aliphatic heterocycles. The lowest BCUT2D eigenvalue weighted by molar-refractivity contribution is -0.131. The Morgan fingerprint density at radius 3 is 2.52 bits per heavy atom. The lowest BCUT2D eigenvalue weighted by Crippen LogP contribution is -2.38. The summed E-state index contributed by atoms with van der Waals surface area (Å²) in [5.41, 5.74) is 3.79. The number of ether oxygens (including phenoxy) is 1. The van der Waals surface area contributed by atoms with Crippen LogP contribution in [0.1, 0.15) is 11.1 Å². The molecule has 0 radical (unpaired) electrons. The van der Waals surface area contributed by atoms with Gasteiger partial charge in [-0.1, -0.05) is 48.5 Å². The molecule has 0 bridgehead atoms. The van der Waals surface area contributed by atoms with Crippen LogP contribution in [-0.4, -0.2) is 43.5 Å². The zero-order valence-corrected chi connectivity index (χ0v) is 18.6. The molecule has 3 aromatic rings. The van der Waals surface area contributed by atoms with Gasteiger partial charge in [-0.3, -0.25) is 9.59 Å². The van der Waals surface area contributed by atoms with Crippen LogP contribution < -0.4 is 10.1 Å². The summed E-state index contributed by atoms with van der Waals surface area (Å²) in [4.78, 5) is 27.4. The van der Waals surface area contributed by atoms with E-state index < -0.39 is 0 Å². The summed E-state index contributed by atoms with van der Waals surface area (Å²) in [6, 6.07) is 21.7. The van der Waals surface area contributed by atoms with Crippen LogP contribution in [0.5, 0.6) is 5.75 Å². The molecule has 2 amide bonds. The molecular formula is C27H27FN2O3. The van der Waals surface area contributed by atoms with Gasteiger partial charge >= 0.3 is 0 Å². The highest BCUT2D eigenvalue weighted by Crippen LogP contribution is 2.23. The molecule has 5 nitrogen and oxygen atoms in total. The van der Waals surface area contributed by atoms with E-state index in [1.807, 2.05) is 48.5 Å². The van der Waals surface area contributed by atoms with Crippen LogP contribution in [0.25, 0.3) is 11.1 Å². The van der Waals surface area contributed by atoms with E-state index in [1.165, 1.54) is 12.1 Å². The Morgan fingerprint density at radius 2 is 1.79 bits per heavy atom. The number of benzene rings is 3. The van der Waals surface area contributed by atoms with Gasteiger partial charge < -0.3 is 15.0 Å². The van der Waals surface area contributed by atoms with E-state index in [0.29, 0.717) is 26.1 Å². The number of carbonyl (C=O) groups excluding carboxylic acids is 2. The number of carbonyl (C=O) groups is 2.